The van der Waals surface area contributed by atoms with E-state index in [-0.39, 0.29) is 31.0 Å². The van der Waals surface area contributed by atoms with Crippen LogP contribution in [0.25, 0.3) is 0 Å². The van der Waals surface area contributed by atoms with Crippen molar-refractivity contribution in [1.82, 2.24) is 10.6 Å². The number of nitrogens with one attached hydrogen (secondary N) is 2. The molecule has 2 amide bonds. The van der Waals surface area contributed by atoms with Crippen LogP contribution in [0.3, 0.4) is 0 Å². The quantitative estimate of drug-likeness (QED) is 0.105. The second-order valence-corrected chi connectivity index (χ2v) is 8.65. The molecule has 0 heterocycles. The number of amides is 2. The van der Waals surface area contributed by atoms with Crippen molar-refractivity contribution in [3.63, 3.8) is 0 Å². The molecule has 0 aliphatic heterocycles. The Hall–Kier alpha value is -4.77. The molecule has 0 saturated heterocycles. The van der Waals surface area contributed by atoms with Crippen molar-refractivity contribution in [2.24, 2.45) is 16.6 Å². The van der Waals surface area contributed by atoms with Crippen molar-refractivity contribution in [3.05, 3.63) is 112 Å². The van der Waals surface area contributed by atoms with Gasteiger partial charge in [0.15, 0.2) is 10.9 Å². The fraction of sp³-hybridized carbons (Fsp3) is 0.222. The van der Waals surface area contributed by atoms with E-state index in [1.54, 1.807) is 12.1 Å². The van der Waals surface area contributed by atoms with E-state index < -0.39 is 34.8 Å². The molecule has 0 aliphatic rings. The zero-order valence-electron chi connectivity index (χ0n) is 20.6. The number of hydrogen-bond donors (Lipinski definition) is 5. The summed E-state index contributed by atoms with van der Waals surface area (Å²) in [5.41, 5.74) is 13.8. The normalized spacial score (nSPS) is 12.9. The number of hydrazone groups is 1. The van der Waals surface area contributed by atoms with E-state index in [9.17, 15) is 24.8 Å². The van der Waals surface area contributed by atoms with Gasteiger partial charge in [-0.2, -0.15) is 0 Å². The van der Waals surface area contributed by atoms with Crippen LogP contribution in [-0.2, 0) is 16.1 Å². The van der Waals surface area contributed by atoms with Crippen LogP contribution in [0.2, 0.25) is 0 Å². The lowest BCUT2D eigenvalue weighted by Crippen LogP contribution is -2.49. The van der Waals surface area contributed by atoms with Gasteiger partial charge < -0.3 is 27.2 Å². The Morgan fingerprint density at radius 1 is 0.895 bits per heavy atom. The second kappa shape index (κ2) is 13.5. The van der Waals surface area contributed by atoms with Crippen LogP contribution < -0.4 is 22.1 Å². The molecule has 0 saturated carbocycles. The molecule has 2 unspecified atom stereocenters. The van der Waals surface area contributed by atoms with Crippen LogP contribution in [0, 0.1) is 10.1 Å². The average Bonchev–Trinajstić information content (AvgIpc) is 2.91. The standard InChI is InChI=1S/C27H30N6O5/c28-22(25(29)32-33(37)38)15-16-23(26(35)30-17-18-11-13-21(34)14-12-18)31-27(36)24(19-7-3-1-4-8-19)20-9-5-2-6-10-20/h1-14,22-24,34H,15-17,28H2,(H2,29,32)(H,30,35)(H,31,36). The molecule has 11 nitrogen and oxygen atoms in total. The molecule has 3 aromatic rings. The minimum Gasteiger partial charge on any atom is -0.508 e. The van der Waals surface area contributed by atoms with E-state index in [1.165, 1.54) is 12.1 Å². The van der Waals surface area contributed by atoms with Gasteiger partial charge in [0.25, 0.3) is 0 Å². The zero-order chi connectivity index (χ0) is 27.5. The van der Waals surface area contributed by atoms with Gasteiger partial charge in [0.1, 0.15) is 11.8 Å². The Morgan fingerprint density at radius 3 is 1.97 bits per heavy atom. The highest BCUT2D eigenvalue weighted by atomic mass is 16.7. The first-order valence-corrected chi connectivity index (χ1v) is 11.9. The molecule has 2 atom stereocenters. The number of hydrogen-bond acceptors (Lipinski definition) is 6. The van der Waals surface area contributed by atoms with Crippen LogP contribution in [0.5, 0.6) is 5.75 Å². The smallest absolute Gasteiger partial charge is 0.242 e. The SMILES string of the molecule is N/C(=N/[N+](=O)[O-])C(N)CCC(NC(=O)C(c1ccccc1)c1ccccc1)C(=O)NCc1ccc(O)cc1. The van der Waals surface area contributed by atoms with Gasteiger partial charge in [-0.05, 0) is 41.7 Å². The summed E-state index contributed by atoms with van der Waals surface area (Å²) in [6, 6.07) is 22.7. The molecule has 0 aliphatic carbocycles. The van der Waals surface area contributed by atoms with Crippen molar-refractivity contribution in [3.8, 4) is 5.75 Å². The summed E-state index contributed by atoms with van der Waals surface area (Å²) in [6.07, 6.45) is 0.112. The van der Waals surface area contributed by atoms with Crippen molar-refractivity contribution in [1.29, 1.82) is 0 Å². The van der Waals surface area contributed by atoms with E-state index in [2.05, 4.69) is 15.7 Å². The number of carbonyl (C=O) groups is 2. The molecule has 0 bridgehead atoms. The maximum atomic E-state index is 13.6. The lowest BCUT2D eigenvalue weighted by molar-refractivity contribution is -0.485. The molecule has 0 aromatic heterocycles. The monoisotopic (exact) mass is 518 g/mol. The molecule has 3 rings (SSSR count). The lowest BCUT2D eigenvalue weighted by atomic mass is 9.90. The van der Waals surface area contributed by atoms with E-state index in [0.29, 0.717) is 0 Å². The van der Waals surface area contributed by atoms with Crippen molar-refractivity contribution < 1.29 is 19.7 Å². The first-order chi connectivity index (χ1) is 18.2. The number of amidine groups is 1. The predicted molar refractivity (Wildman–Crippen MR) is 142 cm³/mol. The van der Waals surface area contributed by atoms with Crippen LogP contribution >= 0.6 is 0 Å². The summed E-state index contributed by atoms with van der Waals surface area (Å²) in [7, 11) is 0. The third-order valence-corrected chi connectivity index (χ3v) is 5.91. The highest BCUT2D eigenvalue weighted by Crippen LogP contribution is 2.25. The Morgan fingerprint density at radius 2 is 1.45 bits per heavy atom. The van der Waals surface area contributed by atoms with Crippen LogP contribution in [-0.4, -0.2) is 39.9 Å². The number of rotatable bonds is 12. The third-order valence-electron chi connectivity index (χ3n) is 5.91. The van der Waals surface area contributed by atoms with Crippen molar-refractivity contribution in [2.75, 3.05) is 0 Å². The number of phenols is 1. The van der Waals surface area contributed by atoms with Crippen molar-refractivity contribution in [2.45, 2.75) is 37.4 Å². The second-order valence-electron chi connectivity index (χ2n) is 8.65. The van der Waals surface area contributed by atoms with Crippen LogP contribution in [0.4, 0.5) is 0 Å². The van der Waals surface area contributed by atoms with Gasteiger partial charge in [0.2, 0.25) is 11.8 Å². The number of nitro groups is 1. The Labute approximate surface area is 219 Å². The minimum atomic E-state index is -1.01. The van der Waals surface area contributed by atoms with Gasteiger partial charge in [-0.15, -0.1) is 0 Å². The van der Waals surface area contributed by atoms with Crippen molar-refractivity contribution >= 4 is 17.6 Å². The number of aromatic hydroxyl groups is 1. The topological polar surface area (TPSA) is 186 Å². The summed E-state index contributed by atoms with van der Waals surface area (Å²) in [6.45, 7) is 0.156. The number of benzene rings is 3. The first-order valence-electron chi connectivity index (χ1n) is 11.9. The molecule has 7 N–H and O–H groups in total. The van der Waals surface area contributed by atoms with E-state index in [4.69, 9.17) is 11.5 Å². The minimum absolute atomic E-state index is 0.0541. The molecular weight excluding hydrogens is 488 g/mol. The summed E-state index contributed by atoms with van der Waals surface area (Å²) in [5, 5.41) is 27.8. The van der Waals surface area contributed by atoms with Gasteiger partial charge in [0.05, 0.1) is 17.1 Å². The zero-order valence-corrected chi connectivity index (χ0v) is 20.6. The summed E-state index contributed by atoms with van der Waals surface area (Å²) >= 11 is 0. The fourth-order valence-electron chi connectivity index (χ4n) is 3.90. The third kappa shape index (κ3) is 8.14. The van der Waals surface area contributed by atoms with E-state index in [1.807, 2.05) is 60.7 Å². The van der Waals surface area contributed by atoms with Gasteiger partial charge >= 0.3 is 0 Å². The van der Waals surface area contributed by atoms with E-state index in [0.717, 1.165) is 16.7 Å². The Kier molecular flexibility index (Phi) is 9.89. The average molecular weight is 519 g/mol. The Bertz CT molecular complexity index is 1210. The predicted octanol–water partition coefficient (Wildman–Crippen LogP) is 1.98. The maximum Gasteiger partial charge on any atom is 0.242 e. The molecule has 38 heavy (non-hydrogen) atoms. The molecular formula is C27H30N6O5. The molecule has 198 valence electrons. The molecule has 0 fully saturated rings. The van der Waals surface area contributed by atoms with Gasteiger partial charge in [0, 0.05) is 6.54 Å². The largest absolute Gasteiger partial charge is 0.508 e. The summed E-state index contributed by atoms with van der Waals surface area (Å²) < 4.78 is 0. The highest BCUT2D eigenvalue weighted by molar-refractivity contribution is 5.92. The van der Waals surface area contributed by atoms with Crippen LogP contribution in [0.15, 0.2) is 90.0 Å². The number of phenolic OH excluding ortho intramolecular Hbond substituents is 1. The fourth-order valence-corrected chi connectivity index (χ4v) is 3.90. The number of nitrogens with two attached hydrogens (primary N) is 2. The number of carbonyl (C=O) groups excluding carboxylic acids is 2. The summed E-state index contributed by atoms with van der Waals surface area (Å²) in [5.74, 6) is -1.83. The Balaban J connectivity index is 1.81. The molecule has 3 aromatic carbocycles. The molecule has 11 heteroatoms. The maximum absolute atomic E-state index is 13.6. The highest BCUT2D eigenvalue weighted by Gasteiger charge is 2.28. The lowest BCUT2D eigenvalue weighted by Gasteiger charge is -2.24. The van der Waals surface area contributed by atoms with Crippen LogP contribution in [0.1, 0.15) is 35.4 Å². The van der Waals surface area contributed by atoms with Gasteiger partial charge in [-0.1, -0.05) is 72.8 Å². The summed E-state index contributed by atoms with van der Waals surface area (Å²) in [4.78, 5) is 37.4. The van der Waals surface area contributed by atoms with Gasteiger partial charge in [-0.25, -0.2) is 10.1 Å². The van der Waals surface area contributed by atoms with Gasteiger partial charge in [-0.3, -0.25) is 9.59 Å². The first kappa shape index (κ1) is 27.8. The van der Waals surface area contributed by atoms with E-state index >= 15 is 0 Å². The number of nitrogens with zero attached hydrogens (tertiary/aromatic N) is 2. The molecule has 0 spiro atoms. The molecule has 0 radical (unpaired) electrons.